The van der Waals surface area contributed by atoms with Gasteiger partial charge in [-0.25, -0.2) is 4.39 Å². The van der Waals surface area contributed by atoms with Crippen molar-refractivity contribution in [2.24, 2.45) is 11.8 Å². The number of amides is 1. The maximum absolute atomic E-state index is 13.7. The molecule has 2 saturated heterocycles. The first-order chi connectivity index (χ1) is 13.5. The fourth-order valence-corrected chi connectivity index (χ4v) is 5.52. The van der Waals surface area contributed by atoms with E-state index in [2.05, 4.69) is 18.7 Å². The van der Waals surface area contributed by atoms with Crippen molar-refractivity contribution in [3.8, 4) is 5.75 Å². The van der Waals surface area contributed by atoms with E-state index in [1.807, 2.05) is 0 Å². The molecule has 3 unspecified atom stereocenters. The number of fused-ring (bicyclic) bond motifs is 3. The number of anilines is 1. The number of hydrogen-bond donors (Lipinski definition) is 0. The van der Waals surface area contributed by atoms with Gasteiger partial charge in [0.1, 0.15) is 11.6 Å². The number of hydrogen-bond acceptors (Lipinski definition) is 3. The second kappa shape index (κ2) is 8.40. The highest BCUT2D eigenvalue weighted by atomic mass is 19.1. The lowest BCUT2D eigenvalue weighted by Gasteiger charge is -2.41. The molecule has 0 N–H and O–H groups in total. The van der Waals surface area contributed by atoms with Crippen molar-refractivity contribution in [3.63, 3.8) is 0 Å². The molecule has 3 aliphatic rings. The molecule has 154 valence electrons. The first-order valence-electron chi connectivity index (χ1n) is 11.0. The van der Waals surface area contributed by atoms with Crippen LogP contribution in [0.1, 0.15) is 58.8 Å². The summed E-state index contributed by atoms with van der Waals surface area (Å²) in [6.07, 6.45) is 9.37. The van der Waals surface area contributed by atoms with Gasteiger partial charge >= 0.3 is 0 Å². The van der Waals surface area contributed by atoms with E-state index in [1.54, 1.807) is 11.0 Å². The van der Waals surface area contributed by atoms with Crippen LogP contribution in [0.5, 0.6) is 5.75 Å². The maximum Gasteiger partial charge on any atom is 0.265 e. The van der Waals surface area contributed by atoms with Gasteiger partial charge in [-0.3, -0.25) is 9.69 Å². The van der Waals surface area contributed by atoms with Crippen molar-refractivity contribution in [1.82, 2.24) is 4.90 Å². The molecule has 4 rings (SSSR count). The van der Waals surface area contributed by atoms with E-state index in [4.69, 9.17) is 4.74 Å². The predicted octanol–water partition coefficient (Wildman–Crippen LogP) is 4.62. The molecule has 3 aliphatic heterocycles. The van der Waals surface area contributed by atoms with Gasteiger partial charge in [-0.15, -0.1) is 0 Å². The Kier molecular flexibility index (Phi) is 5.91. The molecule has 4 nitrogen and oxygen atoms in total. The third-order valence-corrected chi connectivity index (χ3v) is 6.83. The molecule has 0 saturated carbocycles. The molecule has 0 radical (unpaired) electrons. The Hall–Kier alpha value is -1.62. The van der Waals surface area contributed by atoms with Crippen LogP contribution in [0.3, 0.4) is 0 Å². The Labute approximate surface area is 168 Å². The molecule has 1 aromatic carbocycles. The molecule has 28 heavy (non-hydrogen) atoms. The van der Waals surface area contributed by atoms with Crippen molar-refractivity contribution in [2.45, 2.75) is 70.9 Å². The highest BCUT2D eigenvalue weighted by Crippen LogP contribution is 2.41. The molecule has 1 aromatic rings. The molecule has 0 aliphatic carbocycles. The van der Waals surface area contributed by atoms with Gasteiger partial charge in [-0.1, -0.05) is 33.1 Å². The Morgan fingerprint density at radius 3 is 2.68 bits per heavy atom. The Bertz CT molecular complexity index is 696. The number of halogens is 1. The van der Waals surface area contributed by atoms with Crippen molar-refractivity contribution < 1.29 is 13.9 Å². The lowest BCUT2D eigenvalue weighted by atomic mass is 9.86. The summed E-state index contributed by atoms with van der Waals surface area (Å²) in [6, 6.07) is 5.86. The lowest BCUT2D eigenvalue weighted by molar-refractivity contribution is -0.121. The van der Waals surface area contributed by atoms with Crippen LogP contribution in [0.15, 0.2) is 18.2 Å². The first kappa shape index (κ1) is 19.7. The summed E-state index contributed by atoms with van der Waals surface area (Å²) in [5, 5.41) is 0. The number of rotatable bonds is 7. The molecule has 2 fully saturated rings. The van der Waals surface area contributed by atoms with E-state index in [9.17, 15) is 9.18 Å². The summed E-state index contributed by atoms with van der Waals surface area (Å²) in [7, 11) is 0. The predicted molar refractivity (Wildman–Crippen MR) is 109 cm³/mol. The van der Waals surface area contributed by atoms with Crippen molar-refractivity contribution in [1.29, 1.82) is 0 Å². The first-order valence-corrected chi connectivity index (χ1v) is 11.0. The second-order valence-electron chi connectivity index (χ2n) is 9.07. The van der Waals surface area contributed by atoms with E-state index >= 15 is 0 Å². The van der Waals surface area contributed by atoms with Crippen LogP contribution >= 0.6 is 0 Å². The molecule has 0 aromatic heterocycles. The normalized spacial score (nSPS) is 28.2. The minimum absolute atomic E-state index is 0.0411. The fourth-order valence-electron chi connectivity index (χ4n) is 5.52. The number of carbonyl (C=O) groups excluding carboxylic acids is 1. The number of piperidine rings is 1. The van der Waals surface area contributed by atoms with Crippen molar-refractivity contribution in [3.05, 3.63) is 24.0 Å². The van der Waals surface area contributed by atoms with E-state index in [1.165, 1.54) is 57.1 Å². The minimum Gasteiger partial charge on any atom is -0.482 e. The Morgan fingerprint density at radius 1 is 1.21 bits per heavy atom. The zero-order valence-corrected chi connectivity index (χ0v) is 17.2. The number of benzene rings is 1. The van der Waals surface area contributed by atoms with Crippen molar-refractivity contribution >= 4 is 11.6 Å². The number of unbranched alkanes of at least 4 members (excludes halogenated alkanes) is 1. The van der Waals surface area contributed by atoms with Crippen LogP contribution in [0, 0.1) is 17.7 Å². The SMILES string of the molecule is CCCCC1CC2CC[C@H](C1)N2CC(C)CN1C(=O)COc2ccc(F)cc21. The van der Waals surface area contributed by atoms with Crippen LogP contribution in [0.25, 0.3) is 0 Å². The molecule has 0 spiro atoms. The van der Waals surface area contributed by atoms with Gasteiger partial charge in [0.05, 0.1) is 5.69 Å². The monoisotopic (exact) mass is 388 g/mol. The third-order valence-electron chi connectivity index (χ3n) is 6.83. The Balaban J connectivity index is 1.38. The van der Waals surface area contributed by atoms with Gasteiger partial charge in [-0.2, -0.15) is 0 Å². The summed E-state index contributed by atoms with van der Waals surface area (Å²) in [5.74, 6) is 1.44. The molecule has 5 heteroatoms. The summed E-state index contributed by atoms with van der Waals surface area (Å²) >= 11 is 0. The van der Waals surface area contributed by atoms with E-state index < -0.39 is 0 Å². The largest absolute Gasteiger partial charge is 0.482 e. The van der Waals surface area contributed by atoms with Crippen LogP contribution in [0.4, 0.5) is 10.1 Å². The van der Waals surface area contributed by atoms with Gasteiger partial charge in [0.15, 0.2) is 6.61 Å². The van der Waals surface area contributed by atoms with E-state index in [0.717, 1.165) is 12.5 Å². The topological polar surface area (TPSA) is 32.8 Å². The molecular formula is C23H33FN2O2. The fraction of sp³-hybridized carbons (Fsp3) is 0.696. The zero-order valence-electron chi connectivity index (χ0n) is 17.2. The smallest absolute Gasteiger partial charge is 0.265 e. The number of nitrogens with zero attached hydrogens (tertiary/aromatic N) is 2. The molecular weight excluding hydrogens is 355 g/mol. The van der Waals surface area contributed by atoms with Crippen molar-refractivity contribution in [2.75, 3.05) is 24.6 Å². The summed E-state index contributed by atoms with van der Waals surface area (Å²) in [6.45, 7) is 6.17. The molecule has 1 amide bonds. The third kappa shape index (κ3) is 4.05. The highest BCUT2D eigenvalue weighted by Gasteiger charge is 2.41. The summed E-state index contributed by atoms with van der Waals surface area (Å²) in [4.78, 5) is 16.9. The Morgan fingerprint density at radius 2 is 1.96 bits per heavy atom. The molecule has 3 heterocycles. The van der Waals surface area contributed by atoms with E-state index in [-0.39, 0.29) is 18.3 Å². The number of ether oxygens (including phenoxy) is 1. The van der Waals surface area contributed by atoms with Crippen LogP contribution in [0.2, 0.25) is 0 Å². The second-order valence-corrected chi connectivity index (χ2v) is 9.07. The molecule has 2 bridgehead atoms. The van der Waals surface area contributed by atoms with Crippen LogP contribution in [-0.2, 0) is 4.79 Å². The average Bonchev–Trinajstić information content (AvgIpc) is 2.90. The summed E-state index contributed by atoms with van der Waals surface area (Å²) in [5.41, 5.74) is 0.573. The standard InChI is InChI=1S/C23H33FN2O2/c1-3-4-5-17-10-19-7-8-20(11-17)25(19)13-16(2)14-26-21-12-18(24)6-9-22(21)28-15-23(26)27/h6,9,12,16-17,19-20H,3-5,7-8,10-11,13-15H2,1-2H3/t16?,17?,19-,20?/m1/s1. The van der Waals surface area contributed by atoms with Crippen LogP contribution in [-0.4, -0.2) is 42.6 Å². The summed E-state index contributed by atoms with van der Waals surface area (Å²) < 4.78 is 19.2. The average molecular weight is 389 g/mol. The number of carbonyl (C=O) groups is 1. The van der Waals surface area contributed by atoms with Gasteiger partial charge < -0.3 is 9.64 Å². The molecule has 4 atom stereocenters. The van der Waals surface area contributed by atoms with Gasteiger partial charge in [-0.05, 0) is 49.7 Å². The van der Waals surface area contributed by atoms with Gasteiger partial charge in [0, 0.05) is 31.2 Å². The van der Waals surface area contributed by atoms with Gasteiger partial charge in [0.2, 0.25) is 0 Å². The van der Waals surface area contributed by atoms with E-state index in [0.29, 0.717) is 36.0 Å². The van der Waals surface area contributed by atoms with Crippen LogP contribution < -0.4 is 9.64 Å². The minimum atomic E-state index is -0.332. The maximum atomic E-state index is 13.7. The quantitative estimate of drug-likeness (QED) is 0.683. The lowest BCUT2D eigenvalue weighted by Crippen LogP contribution is -2.48. The van der Waals surface area contributed by atoms with Gasteiger partial charge in [0.25, 0.3) is 5.91 Å². The highest BCUT2D eigenvalue weighted by molar-refractivity contribution is 5.97. The zero-order chi connectivity index (χ0) is 19.7.